The number of nitrogens with zero attached hydrogens (tertiary/aromatic N) is 2. The van der Waals surface area contributed by atoms with Gasteiger partial charge in [0.2, 0.25) is 0 Å². The number of ether oxygens (including phenoxy) is 1. The summed E-state index contributed by atoms with van der Waals surface area (Å²) >= 11 is 1.63. The topological polar surface area (TPSA) is 54.5 Å². The van der Waals surface area contributed by atoms with Gasteiger partial charge in [0.1, 0.15) is 10.6 Å². The van der Waals surface area contributed by atoms with Gasteiger partial charge < -0.3 is 15.0 Å². The van der Waals surface area contributed by atoms with E-state index in [2.05, 4.69) is 17.2 Å². The largest absolute Gasteiger partial charge is 0.444 e. The zero-order valence-corrected chi connectivity index (χ0v) is 15.6. The average Bonchev–Trinajstić information content (AvgIpc) is 2.83. The lowest BCUT2D eigenvalue weighted by molar-refractivity contribution is 0.00649. The summed E-state index contributed by atoms with van der Waals surface area (Å²) in [5.74, 6) is 0. The maximum Gasteiger partial charge on any atom is 0.410 e. The molecular weight excluding hydrogens is 298 g/mol. The van der Waals surface area contributed by atoms with E-state index in [-0.39, 0.29) is 17.7 Å². The molecule has 1 N–H and O–H groups in total. The minimum atomic E-state index is -0.484. The van der Waals surface area contributed by atoms with Crippen molar-refractivity contribution in [1.29, 1.82) is 0 Å². The number of nitrogens with one attached hydrogen (secondary N) is 1. The van der Waals surface area contributed by atoms with Crippen molar-refractivity contribution >= 4 is 17.4 Å². The number of aromatic nitrogens is 1. The van der Waals surface area contributed by atoms with Crippen LogP contribution in [0.1, 0.15) is 59.5 Å². The lowest BCUT2D eigenvalue weighted by Crippen LogP contribution is -2.50. The maximum absolute atomic E-state index is 12.4. The Kier molecular flexibility index (Phi) is 6.38. The molecule has 1 aromatic heterocycles. The molecule has 0 saturated heterocycles. The molecule has 5 nitrogen and oxygen atoms in total. The van der Waals surface area contributed by atoms with Gasteiger partial charge >= 0.3 is 6.09 Å². The van der Waals surface area contributed by atoms with Gasteiger partial charge in [-0.2, -0.15) is 0 Å². The number of amides is 1. The standard InChI is InChI=1S/C16H29N3O2S/c1-12(13-18-9-11-22-13)17-8-10-19(15(2,3)4)14(20)21-16(5,6)7/h9,11-12,17H,8,10H2,1-7H3. The van der Waals surface area contributed by atoms with Crippen molar-refractivity contribution in [2.75, 3.05) is 13.1 Å². The zero-order valence-electron chi connectivity index (χ0n) is 14.8. The van der Waals surface area contributed by atoms with Crippen LogP contribution in [-0.4, -0.2) is 40.2 Å². The first-order valence-electron chi connectivity index (χ1n) is 7.64. The number of thiazole rings is 1. The molecule has 6 heteroatoms. The quantitative estimate of drug-likeness (QED) is 0.893. The Morgan fingerprint density at radius 3 is 2.45 bits per heavy atom. The van der Waals surface area contributed by atoms with E-state index in [4.69, 9.17) is 4.74 Å². The molecule has 0 aliphatic heterocycles. The van der Waals surface area contributed by atoms with Crippen LogP contribution in [0.25, 0.3) is 0 Å². The van der Waals surface area contributed by atoms with E-state index in [1.165, 1.54) is 0 Å². The normalized spacial score (nSPS) is 13.8. The van der Waals surface area contributed by atoms with E-state index in [1.54, 1.807) is 22.4 Å². The van der Waals surface area contributed by atoms with Crippen LogP contribution in [0.5, 0.6) is 0 Å². The van der Waals surface area contributed by atoms with Crippen LogP contribution in [0.15, 0.2) is 11.6 Å². The smallest absolute Gasteiger partial charge is 0.410 e. The Morgan fingerprint density at radius 1 is 1.36 bits per heavy atom. The van der Waals surface area contributed by atoms with Crippen LogP contribution < -0.4 is 5.32 Å². The highest BCUT2D eigenvalue weighted by Gasteiger charge is 2.30. The van der Waals surface area contributed by atoms with Gasteiger partial charge in [-0.05, 0) is 48.5 Å². The molecule has 0 aliphatic carbocycles. The number of carbonyl (C=O) groups excluding carboxylic acids is 1. The lowest BCUT2D eigenvalue weighted by atomic mass is 10.1. The second kappa shape index (κ2) is 7.42. The summed E-state index contributed by atoms with van der Waals surface area (Å²) < 4.78 is 5.51. The molecule has 0 bridgehead atoms. The molecule has 1 aromatic rings. The van der Waals surface area contributed by atoms with Gasteiger partial charge in [-0.3, -0.25) is 0 Å². The van der Waals surface area contributed by atoms with Crippen molar-refractivity contribution in [2.45, 2.75) is 65.6 Å². The molecule has 0 radical (unpaired) electrons. The summed E-state index contributed by atoms with van der Waals surface area (Å²) in [5.41, 5.74) is -0.767. The molecule has 0 fully saturated rings. The fraction of sp³-hybridized carbons (Fsp3) is 0.750. The van der Waals surface area contributed by atoms with Crippen LogP contribution in [0.2, 0.25) is 0 Å². The first-order valence-corrected chi connectivity index (χ1v) is 8.52. The first kappa shape index (κ1) is 18.9. The average molecular weight is 327 g/mol. The van der Waals surface area contributed by atoms with Gasteiger partial charge in [0.25, 0.3) is 0 Å². The van der Waals surface area contributed by atoms with E-state index in [0.29, 0.717) is 13.1 Å². The molecule has 1 rings (SSSR count). The highest BCUT2D eigenvalue weighted by molar-refractivity contribution is 7.09. The molecule has 1 heterocycles. The molecule has 22 heavy (non-hydrogen) atoms. The van der Waals surface area contributed by atoms with Crippen LogP contribution >= 0.6 is 11.3 Å². The molecule has 1 amide bonds. The molecule has 1 atom stereocenters. The molecule has 1 unspecified atom stereocenters. The number of rotatable bonds is 5. The first-order chi connectivity index (χ1) is 10.0. The van der Waals surface area contributed by atoms with E-state index in [1.807, 2.05) is 46.9 Å². The van der Waals surface area contributed by atoms with Crippen molar-refractivity contribution in [3.05, 3.63) is 16.6 Å². The van der Waals surface area contributed by atoms with Gasteiger partial charge in [-0.15, -0.1) is 11.3 Å². The number of hydrogen-bond acceptors (Lipinski definition) is 5. The highest BCUT2D eigenvalue weighted by Crippen LogP contribution is 2.19. The SMILES string of the molecule is CC(NCCN(C(=O)OC(C)(C)C)C(C)(C)C)c1nccs1. The van der Waals surface area contributed by atoms with Gasteiger partial charge in [-0.25, -0.2) is 9.78 Å². The third-order valence-corrected chi connectivity index (χ3v) is 3.99. The molecular formula is C16H29N3O2S. The van der Waals surface area contributed by atoms with E-state index >= 15 is 0 Å². The Bertz CT molecular complexity index is 461. The van der Waals surface area contributed by atoms with Gasteiger partial charge in [-0.1, -0.05) is 0 Å². The number of carbonyl (C=O) groups is 1. The summed E-state index contributed by atoms with van der Waals surface area (Å²) in [6.45, 7) is 15.1. The summed E-state index contributed by atoms with van der Waals surface area (Å²) in [6.07, 6.45) is 1.53. The lowest BCUT2D eigenvalue weighted by Gasteiger charge is -2.37. The van der Waals surface area contributed by atoms with Crippen LogP contribution in [0.3, 0.4) is 0 Å². The molecule has 0 saturated carbocycles. The molecule has 126 valence electrons. The van der Waals surface area contributed by atoms with Crippen molar-refractivity contribution in [2.24, 2.45) is 0 Å². The van der Waals surface area contributed by atoms with E-state index in [9.17, 15) is 4.79 Å². The van der Waals surface area contributed by atoms with Gasteiger partial charge in [0.05, 0.1) is 6.04 Å². The van der Waals surface area contributed by atoms with Gasteiger partial charge in [0, 0.05) is 30.2 Å². The maximum atomic E-state index is 12.4. The predicted octanol–water partition coefficient (Wildman–Crippen LogP) is 3.83. The predicted molar refractivity (Wildman–Crippen MR) is 91.2 cm³/mol. The molecule has 0 aliphatic rings. The minimum absolute atomic E-state index is 0.181. The summed E-state index contributed by atoms with van der Waals surface area (Å²) in [5, 5.41) is 6.43. The highest BCUT2D eigenvalue weighted by atomic mass is 32.1. The van der Waals surface area contributed by atoms with Crippen LogP contribution in [0.4, 0.5) is 4.79 Å². The zero-order chi connectivity index (χ0) is 17.0. The van der Waals surface area contributed by atoms with Crippen molar-refractivity contribution in [3.63, 3.8) is 0 Å². The summed E-state index contributed by atoms with van der Waals surface area (Å²) in [7, 11) is 0. The Balaban J connectivity index is 2.57. The second-order valence-electron chi connectivity index (χ2n) is 7.35. The van der Waals surface area contributed by atoms with Crippen molar-refractivity contribution in [3.8, 4) is 0 Å². The summed E-state index contributed by atoms with van der Waals surface area (Å²) in [6, 6.07) is 0.181. The fourth-order valence-corrected chi connectivity index (χ4v) is 2.62. The monoisotopic (exact) mass is 327 g/mol. The molecule has 0 aromatic carbocycles. The van der Waals surface area contributed by atoms with Crippen molar-refractivity contribution < 1.29 is 9.53 Å². The van der Waals surface area contributed by atoms with Crippen LogP contribution in [-0.2, 0) is 4.74 Å². The molecule has 0 spiro atoms. The van der Waals surface area contributed by atoms with Gasteiger partial charge in [0.15, 0.2) is 0 Å². The van der Waals surface area contributed by atoms with E-state index < -0.39 is 5.60 Å². The Labute approximate surface area is 138 Å². The van der Waals surface area contributed by atoms with E-state index in [0.717, 1.165) is 5.01 Å². The Morgan fingerprint density at radius 2 is 2.00 bits per heavy atom. The Hall–Kier alpha value is -1.14. The fourth-order valence-electron chi connectivity index (χ4n) is 1.95. The van der Waals surface area contributed by atoms with Crippen molar-refractivity contribution in [1.82, 2.24) is 15.2 Å². The second-order valence-corrected chi connectivity index (χ2v) is 8.28. The number of hydrogen-bond donors (Lipinski definition) is 1. The third-order valence-electron chi connectivity index (χ3n) is 3.03. The van der Waals surface area contributed by atoms with Crippen LogP contribution in [0, 0.1) is 0 Å². The summed E-state index contributed by atoms with van der Waals surface area (Å²) in [4.78, 5) is 18.4. The minimum Gasteiger partial charge on any atom is -0.444 e. The third kappa shape index (κ3) is 6.32.